The number of aryl methyl sites for hydroxylation is 1. The molecule has 2 heterocycles. The van der Waals surface area contributed by atoms with Crippen LogP contribution in [0.3, 0.4) is 0 Å². The van der Waals surface area contributed by atoms with Gasteiger partial charge >= 0.3 is 6.18 Å². The van der Waals surface area contributed by atoms with E-state index in [-0.39, 0.29) is 5.69 Å². The molecule has 0 amide bonds. The molecule has 1 aromatic heterocycles. The Morgan fingerprint density at radius 2 is 1.80 bits per heavy atom. The number of alkyl halides is 3. The standard InChI is InChI=1S/C20H18BrF3N4O2/c1-9(11-5-12(20(22,23)24)7-13(25)6-11)26-19-14-8-15(21)17-18(30-4-3-29-17)16(14)27-10(2)28-19/h5-9H,3-4,25H2,1-2H3,(H,26,27,28)/t9-/m1/s1. The summed E-state index contributed by atoms with van der Waals surface area (Å²) in [7, 11) is 0. The van der Waals surface area contributed by atoms with E-state index in [1.807, 2.05) is 0 Å². The lowest BCUT2D eigenvalue weighted by molar-refractivity contribution is -0.137. The summed E-state index contributed by atoms with van der Waals surface area (Å²) in [6.07, 6.45) is -4.48. The Morgan fingerprint density at radius 1 is 1.10 bits per heavy atom. The minimum absolute atomic E-state index is 0.0413. The van der Waals surface area contributed by atoms with Crippen molar-refractivity contribution in [1.29, 1.82) is 0 Å². The number of hydrogen-bond donors (Lipinski definition) is 2. The van der Waals surface area contributed by atoms with Gasteiger partial charge in [0.25, 0.3) is 0 Å². The molecule has 3 N–H and O–H groups in total. The number of ether oxygens (including phenoxy) is 2. The van der Waals surface area contributed by atoms with E-state index in [1.54, 1.807) is 19.9 Å². The Morgan fingerprint density at radius 3 is 2.50 bits per heavy atom. The van der Waals surface area contributed by atoms with E-state index in [9.17, 15) is 13.2 Å². The number of nitrogens with zero attached hydrogens (tertiary/aromatic N) is 2. The quantitative estimate of drug-likeness (QED) is 0.496. The molecule has 0 fully saturated rings. The Balaban J connectivity index is 1.78. The molecule has 158 valence electrons. The van der Waals surface area contributed by atoms with Crippen LogP contribution in [0.5, 0.6) is 11.5 Å². The fraction of sp³-hybridized carbons (Fsp3) is 0.300. The van der Waals surface area contributed by atoms with E-state index >= 15 is 0 Å². The number of anilines is 2. The number of nitrogen functional groups attached to an aromatic ring is 1. The third-order valence-corrected chi connectivity index (χ3v) is 5.29. The summed E-state index contributed by atoms with van der Waals surface area (Å²) in [6.45, 7) is 4.30. The van der Waals surface area contributed by atoms with Crippen molar-refractivity contribution in [2.24, 2.45) is 0 Å². The highest BCUT2D eigenvalue weighted by Crippen LogP contribution is 2.44. The van der Waals surface area contributed by atoms with Crippen molar-refractivity contribution in [2.45, 2.75) is 26.1 Å². The number of aromatic nitrogens is 2. The molecule has 2 aromatic carbocycles. The largest absolute Gasteiger partial charge is 0.485 e. The van der Waals surface area contributed by atoms with Crippen LogP contribution in [-0.2, 0) is 6.18 Å². The number of hydrogen-bond acceptors (Lipinski definition) is 6. The van der Waals surface area contributed by atoms with Gasteiger partial charge in [0.05, 0.1) is 16.1 Å². The average molecular weight is 483 g/mol. The lowest BCUT2D eigenvalue weighted by atomic mass is 10.0. The molecule has 0 aliphatic carbocycles. The second kappa shape index (κ2) is 7.50. The molecule has 0 saturated heterocycles. The predicted octanol–water partition coefficient (Wildman–Crippen LogP) is 5.25. The second-order valence-corrected chi connectivity index (χ2v) is 7.84. The van der Waals surface area contributed by atoms with Gasteiger partial charge in [-0.2, -0.15) is 13.2 Å². The fourth-order valence-electron chi connectivity index (χ4n) is 3.34. The van der Waals surface area contributed by atoms with Gasteiger partial charge in [-0.25, -0.2) is 9.97 Å². The molecule has 1 aliphatic heterocycles. The molecule has 0 radical (unpaired) electrons. The van der Waals surface area contributed by atoms with Crippen LogP contribution in [0.15, 0.2) is 28.7 Å². The number of nitrogens with one attached hydrogen (secondary N) is 1. The molecule has 3 aromatic rings. The summed E-state index contributed by atoms with van der Waals surface area (Å²) in [5.41, 5.74) is 5.92. The van der Waals surface area contributed by atoms with E-state index < -0.39 is 17.8 Å². The molecule has 0 saturated carbocycles. The van der Waals surface area contributed by atoms with Crippen LogP contribution < -0.4 is 20.5 Å². The summed E-state index contributed by atoms with van der Waals surface area (Å²) < 4.78 is 51.7. The maximum atomic E-state index is 13.2. The molecule has 0 unspecified atom stereocenters. The van der Waals surface area contributed by atoms with Crippen LogP contribution in [0.2, 0.25) is 0 Å². The van der Waals surface area contributed by atoms with E-state index in [4.69, 9.17) is 15.2 Å². The van der Waals surface area contributed by atoms with E-state index in [2.05, 4.69) is 31.2 Å². The first-order chi connectivity index (χ1) is 14.1. The van der Waals surface area contributed by atoms with Gasteiger partial charge < -0.3 is 20.5 Å². The maximum absolute atomic E-state index is 13.2. The zero-order valence-electron chi connectivity index (χ0n) is 16.1. The Labute approximate surface area is 178 Å². The minimum Gasteiger partial charge on any atom is -0.485 e. The van der Waals surface area contributed by atoms with Crippen LogP contribution in [0.4, 0.5) is 24.7 Å². The van der Waals surface area contributed by atoms with Gasteiger partial charge in [0.1, 0.15) is 30.4 Å². The SMILES string of the molecule is Cc1nc(N[C@H](C)c2cc(N)cc(C(F)(F)F)c2)c2cc(Br)c3c(c2n1)OCCO3. The van der Waals surface area contributed by atoms with E-state index in [0.717, 1.165) is 12.1 Å². The molecule has 0 spiro atoms. The average Bonchev–Trinajstić information content (AvgIpc) is 2.68. The third-order valence-electron chi connectivity index (χ3n) is 4.70. The normalized spacial score (nSPS) is 14.6. The summed E-state index contributed by atoms with van der Waals surface area (Å²) in [5, 5.41) is 3.85. The van der Waals surface area contributed by atoms with Gasteiger partial charge in [0.15, 0.2) is 11.5 Å². The van der Waals surface area contributed by atoms with Crippen LogP contribution in [-0.4, -0.2) is 23.2 Å². The van der Waals surface area contributed by atoms with Crippen LogP contribution in [0.25, 0.3) is 10.9 Å². The fourth-order valence-corrected chi connectivity index (χ4v) is 3.87. The predicted molar refractivity (Wildman–Crippen MR) is 111 cm³/mol. The molecule has 0 bridgehead atoms. The Kier molecular flexibility index (Phi) is 5.13. The van der Waals surface area contributed by atoms with Gasteiger partial charge in [-0.15, -0.1) is 0 Å². The summed E-state index contributed by atoms with van der Waals surface area (Å²) in [5.74, 6) is 2.03. The second-order valence-electron chi connectivity index (χ2n) is 6.98. The smallest absolute Gasteiger partial charge is 0.416 e. The number of nitrogens with two attached hydrogens (primary N) is 1. The maximum Gasteiger partial charge on any atom is 0.416 e. The monoisotopic (exact) mass is 482 g/mol. The Hall–Kier alpha value is -2.75. The minimum atomic E-state index is -4.48. The first-order valence-electron chi connectivity index (χ1n) is 9.14. The van der Waals surface area contributed by atoms with Crippen molar-refractivity contribution >= 4 is 38.3 Å². The van der Waals surface area contributed by atoms with Crippen molar-refractivity contribution in [3.8, 4) is 11.5 Å². The highest BCUT2D eigenvalue weighted by molar-refractivity contribution is 9.10. The van der Waals surface area contributed by atoms with Gasteiger partial charge in [-0.05, 0) is 59.6 Å². The van der Waals surface area contributed by atoms with Crippen LogP contribution >= 0.6 is 15.9 Å². The molecular formula is C20H18BrF3N4O2. The summed E-state index contributed by atoms with van der Waals surface area (Å²) in [6, 6.07) is 4.81. The van der Waals surface area contributed by atoms with E-state index in [0.29, 0.717) is 57.3 Å². The highest BCUT2D eigenvalue weighted by atomic mass is 79.9. The number of rotatable bonds is 3. The molecule has 6 nitrogen and oxygen atoms in total. The number of benzene rings is 2. The molecule has 30 heavy (non-hydrogen) atoms. The first-order valence-corrected chi connectivity index (χ1v) is 9.93. The highest BCUT2D eigenvalue weighted by Gasteiger charge is 2.31. The van der Waals surface area contributed by atoms with Gasteiger partial charge in [0, 0.05) is 11.1 Å². The van der Waals surface area contributed by atoms with Gasteiger partial charge in [-0.3, -0.25) is 0 Å². The lowest BCUT2D eigenvalue weighted by Crippen LogP contribution is -2.17. The van der Waals surface area contributed by atoms with Crippen molar-refractivity contribution < 1.29 is 22.6 Å². The zero-order chi connectivity index (χ0) is 21.6. The van der Waals surface area contributed by atoms with Crippen molar-refractivity contribution in [3.63, 3.8) is 0 Å². The molecular weight excluding hydrogens is 465 g/mol. The molecule has 10 heteroatoms. The third kappa shape index (κ3) is 3.83. The van der Waals surface area contributed by atoms with Crippen molar-refractivity contribution in [1.82, 2.24) is 9.97 Å². The van der Waals surface area contributed by atoms with Gasteiger partial charge in [0.2, 0.25) is 0 Å². The molecule has 1 atom stereocenters. The van der Waals surface area contributed by atoms with Crippen LogP contribution in [0.1, 0.15) is 29.9 Å². The first kappa shape index (κ1) is 20.5. The van der Waals surface area contributed by atoms with Crippen molar-refractivity contribution in [3.05, 3.63) is 45.7 Å². The topological polar surface area (TPSA) is 82.3 Å². The van der Waals surface area contributed by atoms with Crippen molar-refractivity contribution in [2.75, 3.05) is 24.3 Å². The number of fused-ring (bicyclic) bond motifs is 3. The zero-order valence-corrected chi connectivity index (χ0v) is 17.7. The lowest BCUT2D eigenvalue weighted by Gasteiger charge is -2.23. The summed E-state index contributed by atoms with van der Waals surface area (Å²) in [4.78, 5) is 8.94. The summed E-state index contributed by atoms with van der Waals surface area (Å²) >= 11 is 3.48. The van der Waals surface area contributed by atoms with Gasteiger partial charge in [-0.1, -0.05) is 0 Å². The van der Waals surface area contributed by atoms with Crippen LogP contribution in [0, 0.1) is 6.92 Å². The number of halogens is 4. The Bertz CT molecular complexity index is 1140. The molecule has 4 rings (SSSR count). The molecule has 1 aliphatic rings. The van der Waals surface area contributed by atoms with E-state index in [1.165, 1.54) is 6.07 Å².